The van der Waals surface area contributed by atoms with Gasteiger partial charge in [0, 0.05) is 0 Å². The lowest BCUT2D eigenvalue weighted by Gasteiger charge is -2.05. The maximum atomic E-state index is 10.8. The van der Waals surface area contributed by atoms with E-state index < -0.39 is 0 Å². The van der Waals surface area contributed by atoms with Gasteiger partial charge in [-0.3, -0.25) is 4.79 Å². The van der Waals surface area contributed by atoms with E-state index in [2.05, 4.69) is 6.92 Å². The maximum absolute atomic E-state index is 10.8. The number of aldehydes is 1. The molecule has 0 saturated heterocycles. The molecule has 0 heterocycles. The van der Waals surface area contributed by atoms with E-state index in [1.807, 2.05) is 12.1 Å². The second-order valence-corrected chi connectivity index (χ2v) is 8.06. The van der Waals surface area contributed by atoms with E-state index in [-0.39, 0.29) is 5.75 Å². The van der Waals surface area contributed by atoms with Gasteiger partial charge in [-0.2, -0.15) is 0 Å². The Labute approximate surface area is 167 Å². The first kappa shape index (κ1) is 23.7. The fraction of sp³-hybridized carbons (Fsp3) is 0.720. The van der Waals surface area contributed by atoms with Gasteiger partial charge in [-0.15, -0.1) is 0 Å². The molecule has 2 nitrogen and oxygen atoms in total. The van der Waals surface area contributed by atoms with Crippen molar-refractivity contribution in [1.29, 1.82) is 0 Å². The van der Waals surface area contributed by atoms with E-state index in [0.29, 0.717) is 5.56 Å². The summed E-state index contributed by atoms with van der Waals surface area (Å²) in [5.41, 5.74) is 1.56. The molecule has 0 aliphatic heterocycles. The van der Waals surface area contributed by atoms with Crippen LogP contribution in [0.2, 0.25) is 0 Å². The maximum Gasteiger partial charge on any atom is 0.153 e. The van der Waals surface area contributed by atoms with Crippen molar-refractivity contribution >= 4 is 6.29 Å². The number of carbonyl (C=O) groups excluding carboxylic acids is 1. The Morgan fingerprint density at radius 3 is 1.59 bits per heavy atom. The summed E-state index contributed by atoms with van der Waals surface area (Å²) in [7, 11) is 0. The average molecular weight is 375 g/mol. The number of benzene rings is 1. The van der Waals surface area contributed by atoms with Gasteiger partial charge in [0.1, 0.15) is 5.75 Å². The van der Waals surface area contributed by atoms with E-state index in [4.69, 9.17) is 0 Å². The van der Waals surface area contributed by atoms with Crippen molar-refractivity contribution in [3.63, 3.8) is 0 Å². The van der Waals surface area contributed by atoms with Gasteiger partial charge in [-0.05, 0) is 30.5 Å². The third-order valence-electron chi connectivity index (χ3n) is 5.54. The highest BCUT2D eigenvalue weighted by atomic mass is 16.3. The van der Waals surface area contributed by atoms with E-state index >= 15 is 0 Å². The fourth-order valence-corrected chi connectivity index (χ4v) is 3.73. The molecule has 1 rings (SSSR count). The number of hydrogen-bond acceptors (Lipinski definition) is 2. The minimum Gasteiger partial charge on any atom is -0.507 e. The Morgan fingerprint density at radius 2 is 1.15 bits per heavy atom. The molecule has 0 aliphatic rings. The number of carbonyl (C=O) groups is 1. The molecule has 0 amide bonds. The minimum atomic E-state index is 0.0840. The SMILES string of the molecule is CCCCCCCCCCCCCCCCCCc1ccc(O)c(C=O)c1. The van der Waals surface area contributed by atoms with Crippen LogP contribution in [0.25, 0.3) is 0 Å². The molecule has 1 N–H and O–H groups in total. The van der Waals surface area contributed by atoms with Crippen molar-refractivity contribution in [3.8, 4) is 5.75 Å². The van der Waals surface area contributed by atoms with Crippen LogP contribution in [0.1, 0.15) is 126 Å². The zero-order valence-electron chi connectivity index (χ0n) is 17.7. The quantitative estimate of drug-likeness (QED) is 0.209. The zero-order chi connectivity index (χ0) is 19.6. The standard InChI is InChI=1S/C25H42O2/c1-2-3-4-5-6-7-8-9-10-11-12-13-14-15-16-17-18-23-19-20-25(27)24(21-23)22-26/h19-22,27H,2-18H2,1H3. The number of hydrogen-bond donors (Lipinski definition) is 1. The molecule has 0 aromatic heterocycles. The van der Waals surface area contributed by atoms with Crippen molar-refractivity contribution in [2.45, 2.75) is 116 Å². The molecule has 0 bridgehead atoms. The van der Waals surface area contributed by atoms with Crippen LogP contribution in [0, 0.1) is 0 Å². The number of rotatable bonds is 18. The number of aryl methyl sites for hydroxylation is 1. The Balaban J connectivity index is 1.83. The molecular formula is C25H42O2. The van der Waals surface area contributed by atoms with E-state index in [1.54, 1.807) is 6.07 Å². The highest BCUT2D eigenvalue weighted by Crippen LogP contribution is 2.19. The topological polar surface area (TPSA) is 37.3 Å². The summed E-state index contributed by atoms with van der Waals surface area (Å²) < 4.78 is 0. The van der Waals surface area contributed by atoms with Gasteiger partial charge in [0.05, 0.1) is 5.56 Å². The van der Waals surface area contributed by atoms with Crippen LogP contribution < -0.4 is 0 Å². The first-order chi connectivity index (χ1) is 13.3. The van der Waals surface area contributed by atoms with Crippen molar-refractivity contribution in [3.05, 3.63) is 29.3 Å². The lowest BCUT2D eigenvalue weighted by Crippen LogP contribution is -1.89. The summed E-state index contributed by atoms with van der Waals surface area (Å²) in [5.74, 6) is 0.0840. The van der Waals surface area contributed by atoms with Crippen LogP contribution in [0.5, 0.6) is 5.75 Å². The van der Waals surface area contributed by atoms with Gasteiger partial charge in [0.2, 0.25) is 0 Å². The Hall–Kier alpha value is -1.31. The van der Waals surface area contributed by atoms with Crippen LogP contribution in [0.15, 0.2) is 18.2 Å². The van der Waals surface area contributed by atoms with Gasteiger partial charge in [0.15, 0.2) is 6.29 Å². The number of phenolic OH excluding ortho intramolecular Hbond substituents is 1. The molecular weight excluding hydrogens is 332 g/mol. The first-order valence-corrected chi connectivity index (χ1v) is 11.5. The molecule has 0 spiro atoms. The van der Waals surface area contributed by atoms with Crippen LogP contribution >= 0.6 is 0 Å². The molecule has 0 atom stereocenters. The lowest BCUT2D eigenvalue weighted by atomic mass is 10.0. The minimum absolute atomic E-state index is 0.0840. The molecule has 27 heavy (non-hydrogen) atoms. The molecule has 0 fully saturated rings. The van der Waals surface area contributed by atoms with Crippen molar-refractivity contribution in [2.75, 3.05) is 0 Å². The first-order valence-electron chi connectivity index (χ1n) is 11.5. The van der Waals surface area contributed by atoms with Gasteiger partial charge >= 0.3 is 0 Å². The summed E-state index contributed by atoms with van der Waals surface area (Å²) in [6.45, 7) is 2.28. The van der Waals surface area contributed by atoms with Crippen molar-refractivity contribution in [2.24, 2.45) is 0 Å². The highest BCUT2D eigenvalue weighted by Gasteiger charge is 2.01. The molecule has 1 aromatic carbocycles. The molecule has 0 radical (unpaired) electrons. The molecule has 0 unspecified atom stereocenters. The normalized spacial score (nSPS) is 11.0. The molecule has 154 valence electrons. The lowest BCUT2D eigenvalue weighted by molar-refractivity contribution is 0.112. The van der Waals surface area contributed by atoms with E-state index in [1.165, 1.54) is 103 Å². The van der Waals surface area contributed by atoms with Gasteiger partial charge in [-0.1, -0.05) is 109 Å². The summed E-state index contributed by atoms with van der Waals surface area (Å²) in [4.78, 5) is 10.8. The Morgan fingerprint density at radius 1 is 0.704 bits per heavy atom. The Bertz CT molecular complexity index is 481. The van der Waals surface area contributed by atoms with Gasteiger partial charge < -0.3 is 5.11 Å². The van der Waals surface area contributed by atoms with Crippen LogP contribution in [-0.2, 0) is 6.42 Å². The van der Waals surface area contributed by atoms with E-state index in [9.17, 15) is 9.90 Å². The van der Waals surface area contributed by atoms with Crippen LogP contribution in [0.4, 0.5) is 0 Å². The number of phenols is 1. The molecule has 2 heteroatoms. The summed E-state index contributed by atoms with van der Waals surface area (Å²) in [6, 6.07) is 5.37. The van der Waals surface area contributed by atoms with Crippen LogP contribution in [-0.4, -0.2) is 11.4 Å². The van der Waals surface area contributed by atoms with Gasteiger partial charge in [0.25, 0.3) is 0 Å². The fourth-order valence-electron chi connectivity index (χ4n) is 3.73. The zero-order valence-corrected chi connectivity index (χ0v) is 17.7. The van der Waals surface area contributed by atoms with Crippen molar-refractivity contribution < 1.29 is 9.90 Å². The number of aromatic hydroxyl groups is 1. The van der Waals surface area contributed by atoms with Gasteiger partial charge in [-0.25, -0.2) is 0 Å². The summed E-state index contributed by atoms with van der Waals surface area (Å²) >= 11 is 0. The predicted molar refractivity (Wildman–Crippen MR) is 117 cm³/mol. The predicted octanol–water partition coefficient (Wildman–Crippen LogP) is 8.01. The molecule has 0 aliphatic carbocycles. The van der Waals surface area contributed by atoms with Crippen LogP contribution in [0.3, 0.4) is 0 Å². The third-order valence-corrected chi connectivity index (χ3v) is 5.54. The monoisotopic (exact) mass is 374 g/mol. The summed E-state index contributed by atoms with van der Waals surface area (Å²) in [6.07, 6.45) is 23.8. The number of unbranched alkanes of at least 4 members (excludes halogenated alkanes) is 15. The second-order valence-electron chi connectivity index (χ2n) is 8.06. The van der Waals surface area contributed by atoms with E-state index in [0.717, 1.165) is 18.3 Å². The third kappa shape index (κ3) is 12.7. The molecule has 0 saturated carbocycles. The second kappa shape index (κ2) is 16.8. The summed E-state index contributed by atoms with van der Waals surface area (Å²) in [5, 5.41) is 9.52. The Kier molecular flexibility index (Phi) is 14.8. The smallest absolute Gasteiger partial charge is 0.153 e. The van der Waals surface area contributed by atoms with Crippen molar-refractivity contribution in [1.82, 2.24) is 0 Å². The highest BCUT2D eigenvalue weighted by molar-refractivity contribution is 5.79. The molecule has 1 aromatic rings. The largest absolute Gasteiger partial charge is 0.507 e. The average Bonchev–Trinajstić information content (AvgIpc) is 2.68.